The van der Waals surface area contributed by atoms with E-state index in [1.54, 1.807) is 36.0 Å². The van der Waals surface area contributed by atoms with Gasteiger partial charge in [0.15, 0.2) is 9.84 Å². The van der Waals surface area contributed by atoms with Gasteiger partial charge < -0.3 is 9.47 Å². The van der Waals surface area contributed by atoms with Gasteiger partial charge in [0.05, 0.1) is 30.8 Å². The van der Waals surface area contributed by atoms with E-state index in [0.717, 1.165) is 12.8 Å². The highest BCUT2D eigenvalue weighted by molar-refractivity contribution is 8.13. The predicted molar refractivity (Wildman–Crippen MR) is 97.1 cm³/mol. The standard InChI is InChI=1S/C18H26O4S2/c19-24(20,17-9-5-2-6-10-17)18(13-15-14-21-11-12-22-15)23-16-7-3-1-4-8-16/h2,5-6,9-10,15-16,18H,1,3-4,7-8,11-14H2. The lowest BCUT2D eigenvalue weighted by Gasteiger charge is -2.30. The highest BCUT2D eigenvalue weighted by atomic mass is 32.3. The molecule has 0 N–H and O–H groups in total. The van der Waals surface area contributed by atoms with Crippen LogP contribution in [0.2, 0.25) is 0 Å². The van der Waals surface area contributed by atoms with Crippen LogP contribution in [-0.2, 0) is 19.3 Å². The van der Waals surface area contributed by atoms with Crippen molar-refractivity contribution < 1.29 is 17.9 Å². The van der Waals surface area contributed by atoms with Crippen molar-refractivity contribution in [3.8, 4) is 0 Å². The average Bonchev–Trinajstić information content (AvgIpc) is 2.64. The summed E-state index contributed by atoms with van der Waals surface area (Å²) in [5.74, 6) is 0. The smallest absolute Gasteiger partial charge is 0.190 e. The highest BCUT2D eigenvalue weighted by Crippen LogP contribution is 2.37. The fourth-order valence-electron chi connectivity index (χ4n) is 3.32. The second kappa shape index (κ2) is 8.70. The van der Waals surface area contributed by atoms with Crippen LogP contribution in [-0.4, -0.2) is 44.2 Å². The Kier molecular flexibility index (Phi) is 6.61. The summed E-state index contributed by atoms with van der Waals surface area (Å²) < 4.78 is 37.0. The Hall–Kier alpha value is -0.560. The molecule has 0 aromatic heterocycles. The Morgan fingerprint density at radius 3 is 2.50 bits per heavy atom. The van der Waals surface area contributed by atoms with Crippen LogP contribution in [0.5, 0.6) is 0 Å². The van der Waals surface area contributed by atoms with Gasteiger partial charge in [-0.05, 0) is 25.0 Å². The summed E-state index contributed by atoms with van der Waals surface area (Å²) in [5.41, 5.74) is 0. The van der Waals surface area contributed by atoms with E-state index < -0.39 is 14.4 Å². The van der Waals surface area contributed by atoms with Crippen molar-refractivity contribution in [3.63, 3.8) is 0 Å². The zero-order valence-corrected chi connectivity index (χ0v) is 15.6. The molecule has 0 bridgehead atoms. The fourth-order valence-corrected chi connectivity index (χ4v) is 7.38. The van der Waals surface area contributed by atoms with E-state index in [9.17, 15) is 8.42 Å². The fraction of sp³-hybridized carbons (Fsp3) is 0.667. The largest absolute Gasteiger partial charge is 0.376 e. The third-order valence-electron chi connectivity index (χ3n) is 4.65. The molecule has 3 rings (SSSR count). The number of thioether (sulfide) groups is 1. The molecule has 2 atom stereocenters. The molecule has 1 aliphatic heterocycles. The maximum Gasteiger partial charge on any atom is 0.190 e. The van der Waals surface area contributed by atoms with Crippen molar-refractivity contribution in [2.45, 2.75) is 59.4 Å². The van der Waals surface area contributed by atoms with Crippen LogP contribution in [0.1, 0.15) is 38.5 Å². The molecule has 0 amide bonds. The van der Waals surface area contributed by atoms with Crippen LogP contribution in [0.4, 0.5) is 0 Å². The molecule has 1 saturated carbocycles. The van der Waals surface area contributed by atoms with Gasteiger partial charge in [-0.2, -0.15) is 0 Å². The van der Waals surface area contributed by atoms with E-state index >= 15 is 0 Å². The summed E-state index contributed by atoms with van der Waals surface area (Å²) in [5, 5.41) is 0.437. The number of ether oxygens (including phenoxy) is 2. The SMILES string of the molecule is O=S(=O)(c1ccccc1)C(CC1COCCO1)SC1CCCCC1. The Balaban J connectivity index is 1.77. The molecule has 134 valence electrons. The number of hydrogen-bond acceptors (Lipinski definition) is 5. The first kappa shape index (κ1) is 18.2. The molecule has 1 aromatic rings. The van der Waals surface area contributed by atoms with Crippen LogP contribution in [0.3, 0.4) is 0 Å². The van der Waals surface area contributed by atoms with Gasteiger partial charge in [-0.25, -0.2) is 8.42 Å². The second-order valence-electron chi connectivity index (χ2n) is 6.49. The van der Waals surface area contributed by atoms with Gasteiger partial charge in [0.25, 0.3) is 0 Å². The molecule has 2 aliphatic rings. The van der Waals surface area contributed by atoms with E-state index in [-0.39, 0.29) is 6.10 Å². The van der Waals surface area contributed by atoms with Gasteiger partial charge in [-0.1, -0.05) is 37.5 Å². The third kappa shape index (κ3) is 4.75. The first-order valence-corrected chi connectivity index (χ1v) is 11.3. The number of benzene rings is 1. The minimum atomic E-state index is -3.37. The molecule has 6 heteroatoms. The lowest BCUT2D eigenvalue weighted by molar-refractivity contribution is -0.0891. The second-order valence-corrected chi connectivity index (χ2v) is 10.4. The van der Waals surface area contributed by atoms with E-state index in [1.165, 1.54) is 19.3 Å². The number of hydrogen-bond donors (Lipinski definition) is 0. The van der Waals surface area contributed by atoms with Gasteiger partial charge in [-0.3, -0.25) is 0 Å². The van der Waals surface area contributed by atoms with Crippen molar-refractivity contribution in [3.05, 3.63) is 30.3 Å². The summed E-state index contributed by atoms with van der Waals surface area (Å²) in [7, 11) is -3.37. The van der Waals surface area contributed by atoms with Crippen molar-refractivity contribution in [1.29, 1.82) is 0 Å². The molecule has 4 nitrogen and oxygen atoms in total. The van der Waals surface area contributed by atoms with Gasteiger partial charge in [0.1, 0.15) is 4.58 Å². The minimum absolute atomic E-state index is 0.127. The van der Waals surface area contributed by atoms with Crippen molar-refractivity contribution >= 4 is 21.6 Å². The maximum absolute atomic E-state index is 13.2. The lowest BCUT2D eigenvalue weighted by atomic mass is 10.0. The zero-order valence-electron chi connectivity index (χ0n) is 13.9. The molecule has 24 heavy (non-hydrogen) atoms. The van der Waals surface area contributed by atoms with Crippen LogP contribution in [0.25, 0.3) is 0 Å². The molecule has 1 aromatic carbocycles. The molecule has 2 unspecified atom stereocenters. The Morgan fingerprint density at radius 2 is 1.83 bits per heavy atom. The Bertz CT molecular complexity index is 571. The van der Waals surface area contributed by atoms with Crippen LogP contribution >= 0.6 is 11.8 Å². The highest BCUT2D eigenvalue weighted by Gasteiger charge is 2.34. The minimum Gasteiger partial charge on any atom is -0.376 e. The van der Waals surface area contributed by atoms with Crippen molar-refractivity contribution in [2.75, 3.05) is 19.8 Å². The van der Waals surface area contributed by atoms with Gasteiger partial charge in [0, 0.05) is 11.7 Å². The molecule has 0 spiro atoms. The van der Waals surface area contributed by atoms with Crippen molar-refractivity contribution in [2.24, 2.45) is 0 Å². The van der Waals surface area contributed by atoms with Gasteiger partial charge >= 0.3 is 0 Å². The average molecular weight is 371 g/mol. The molecule has 1 saturated heterocycles. The third-order valence-corrected chi connectivity index (χ3v) is 8.91. The first-order valence-electron chi connectivity index (χ1n) is 8.80. The lowest BCUT2D eigenvalue weighted by Crippen LogP contribution is -2.34. The van der Waals surface area contributed by atoms with Crippen LogP contribution < -0.4 is 0 Å². The van der Waals surface area contributed by atoms with E-state index in [4.69, 9.17) is 9.47 Å². The summed E-state index contributed by atoms with van der Waals surface area (Å²) in [6.07, 6.45) is 6.29. The Morgan fingerprint density at radius 1 is 1.08 bits per heavy atom. The number of rotatable bonds is 6. The van der Waals surface area contributed by atoms with E-state index in [0.29, 0.717) is 36.4 Å². The molecule has 1 heterocycles. The van der Waals surface area contributed by atoms with Gasteiger partial charge in [-0.15, -0.1) is 11.8 Å². The molecule has 2 fully saturated rings. The van der Waals surface area contributed by atoms with E-state index in [2.05, 4.69) is 0 Å². The molecular weight excluding hydrogens is 344 g/mol. The topological polar surface area (TPSA) is 52.6 Å². The number of sulfone groups is 1. The summed E-state index contributed by atoms with van der Waals surface area (Å²) >= 11 is 1.64. The molecule has 0 radical (unpaired) electrons. The predicted octanol–water partition coefficient (Wildman–Crippen LogP) is 3.66. The molecule has 1 aliphatic carbocycles. The monoisotopic (exact) mass is 370 g/mol. The van der Waals surface area contributed by atoms with Gasteiger partial charge in [0.2, 0.25) is 0 Å². The van der Waals surface area contributed by atoms with E-state index in [1.807, 2.05) is 6.07 Å². The summed E-state index contributed by atoms with van der Waals surface area (Å²) in [6.45, 7) is 1.64. The summed E-state index contributed by atoms with van der Waals surface area (Å²) in [4.78, 5) is 0.412. The Labute approximate surface area is 149 Å². The van der Waals surface area contributed by atoms with Crippen molar-refractivity contribution in [1.82, 2.24) is 0 Å². The molecular formula is C18H26O4S2. The maximum atomic E-state index is 13.2. The first-order chi connectivity index (χ1) is 11.7. The normalized spacial score (nSPS) is 24.6. The quantitative estimate of drug-likeness (QED) is 0.765. The van der Waals surface area contributed by atoms with Crippen LogP contribution in [0, 0.1) is 0 Å². The summed E-state index contributed by atoms with van der Waals surface area (Å²) in [6, 6.07) is 8.81. The van der Waals surface area contributed by atoms with Crippen LogP contribution in [0.15, 0.2) is 35.2 Å². The zero-order chi connectivity index (χ0) is 16.8.